The summed E-state index contributed by atoms with van der Waals surface area (Å²) in [6.07, 6.45) is -0.683. The Morgan fingerprint density at radius 3 is 2.48 bits per heavy atom. The zero-order valence-corrected chi connectivity index (χ0v) is 28.4. The Morgan fingerprint density at radius 2 is 1.87 bits per heavy atom. The molecule has 1 aliphatic rings. The molecule has 2 amide bonds. The molecule has 3 unspecified atom stereocenters. The van der Waals surface area contributed by atoms with Crippen LogP contribution in [0.4, 0.5) is 9.18 Å². The van der Waals surface area contributed by atoms with Crippen molar-refractivity contribution in [1.82, 2.24) is 25.9 Å². The van der Waals surface area contributed by atoms with E-state index in [1.807, 2.05) is 59.7 Å². The highest BCUT2D eigenvalue weighted by Gasteiger charge is 2.45. The summed E-state index contributed by atoms with van der Waals surface area (Å²) in [5.74, 6) is -0.857. The van der Waals surface area contributed by atoms with Gasteiger partial charge in [0.15, 0.2) is 0 Å². The fourth-order valence-corrected chi connectivity index (χ4v) is 6.68. The maximum absolute atomic E-state index is 14.6. The highest BCUT2D eigenvalue weighted by Crippen LogP contribution is 2.42. The number of H-pyrrole nitrogens is 1. The topological polar surface area (TPSA) is 138 Å². The number of halogens is 2. The number of hydrogen-bond acceptors (Lipinski definition) is 7. The summed E-state index contributed by atoms with van der Waals surface area (Å²) in [7, 11) is 1.27. The molecule has 1 fully saturated rings. The maximum Gasteiger partial charge on any atom is 0.407 e. The van der Waals surface area contributed by atoms with Crippen LogP contribution in [0, 0.1) is 17.2 Å². The first-order valence-electron chi connectivity index (χ1n) is 15.8. The summed E-state index contributed by atoms with van der Waals surface area (Å²) in [4.78, 5) is 35.0. The monoisotopic (exact) mass is 659 g/mol. The summed E-state index contributed by atoms with van der Waals surface area (Å²) < 4.78 is 25.2. The number of imidazole rings is 1. The van der Waals surface area contributed by atoms with Gasteiger partial charge in [-0.1, -0.05) is 71.3 Å². The molecule has 5 N–H and O–H groups in total. The normalized spacial score (nSPS) is 17.7. The number of ether oxygens (including phenoxy) is 2. The molecule has 1 aromatic heterocycles. The van der Waals surface area contributed by atoms with Crippen LogP contribution in [0.2, 0.25) is 5.02 Å². The molecule has 0 saturated carbocycles. The Balaban J connectivity index is 1.78. The molecule has 1 aliphatic heterocycles. The number of likely N-dealkylation sites (N-methyl/N-ethyl adjacent to an activating group) is 1. The molecule has 0 spiro atoms. The van der Waals surface area contributed by atoms with Gasteiger partial charge in [-0.15, -0.1) is 0 Å². The molecule has 2 heterocycles. The van der Waals surface area contributed by atoms with Crippen molar-refractivity contribution < 1.29 is 28.6 Å². The zero-order chi connectivity index (χ0) is 33.8. The summed E-state index contributed by atoms with van der Waals surface area (Å²) in [5.41, 5.74) is 1.27. The van der Waals surface area contributed by atoms with E-state index < -0.39 is 47.0 Å². The van der Waals surface area contributed by atoms with E-state index in [9.17, 15) is 19.1 Å². The Labute approximate surface area is 275 Å². The molecule has 0 radical (unpaired) electrons. The van der Waals surface area contributed by atoms with Gasteiger partial charge in [0, 0.05) is 19.1 Å². The summed E-state index contributed by atoms with van der Waals surface area (Å²) in [5, 5.41) is 20.0. The van der Waals surface area contributed by atoms with Crippen molar-refractivity contribution in [2.75, 3.05) is 26.9 Å². The fourth-order valence-electron chi connectivity index (χ4n) is 6.43. The summed E-state index contributed by atoms with van der Waals surface area (Å²) in [6, 6.07) is 8.99. The number of hydrogen-bond donors (Lipinski definition) is 5. The number of benzene rings is 2. The minimum absolute atomic E-state index is 0.0171. The van der Waals surface area contributed by atoms with Crippen molar-refractivity contribution in [3.8, 4) is 0 Å². The van der Waals surface area contributed by atoms with Gasteiger partial charge in [-0.2, -0.15) is 0 Å². The minimum atomic E-state index is -0.928. The van der Waals surface area contributed by atoms with Crippen molar-refractivity contribution in [2.24, 2.45) is 11.3 Å². The third kappa shape index (κ3) is 7.48. The average molecular weight is 660 g/mol. The van der Waals surface area contributed by atoms with E-state index in [0.717, 1.165) is 5.56 Å². The lowest BCUT2D eigenvalue weighted by Crippen LogP contribution is -2.60. The van der Waals surface area contributed by atoms with Gasteiger partial charge in [-0.3, -0.25) is 10.1 Å². The second-order valence-electron chi connectivity index (χ2n) is 13.4. The van der Waals surface area contributed by atoms with E-state index in [-0.39, 0.29) is 16.8 Å². The first kappa shape index (κ1) is 35.6. The maximum atomic E-state index is 14.6. The van der Waals surface area contributed by atoms with Gasteiger partial charge in [0.05, 0.1) is 40.7 Å². The van der Waals surface area contributed by atoms with E-state index >= 15 is 0 Å². The third-order valence-electron chi connectivity index (χ3n) is 8.95. The Bertz CT molecular complexity index is 1520. The number of amides is 2. The van der Waals surface area contributed by atoms with Crippen LogP contribution < -0.4 is 16.0 Å². The first-order valence-corrected chi connectivity index (χ1v) is 16.2. The van der Waals surface area contributed by atoms with Gasteiger partial charge < -0.3 is 30.2 Å². The number of fused-ring (bicyclic) bond motifs is 1. The first-order chi connectivity index (χ1) is 21.7. The van der Waals surface area contributed by atoms with Crippen molar-refractivity contribution in [1.29, 1.82) is 0 Å². The molecule has 3 aromatic rings. The number of carbonyl (C=O) groups is 2. The zero-order valence-electron chi connectivity index (χ0n) is 27.7. The van der Waals surface area contributed by atoms with Gasteiger partial charge in [-0.05, 0) is 60.0 Å². The van der Waals surface area contributed by atoms with Gasteiger partial charge in [0.25, 0.3) is 0 Å². The van der Waals surface area contributed by atoms with Gasteiger partial charge in [0.1, 0.15) is 17.9 Å². The largest absolute Gasteiger partial charge is 0.453 e. The summed E-state index contributed by atoms with van der Waals surface area (Å²) in [6.45, 7) is 13.1. The molecule has 4 rings (SSSR count). The molecule has 1 saturated heterocycles. The van der Waals surface area contributed by atoms with Crippen LogP contribution in [0.5, 0.6) is 0 Å². The summed E-state index contributed by atoms with van der Waals surface area (Å²) >= 11 is 6.45. The van der Waals surface area contributed by atoms with E-state index in [1.54, 1.807) is 12.1 Å². The van der Waals surface area contributed by atoms with E-state index in [2.05, 4.69) is 20.9 Å². The van der Waals surface area contributed by atoms with Crippen LogP contribution in [0.25, 0.3) is 11.0 Å². The van der Waals surface area contributed by atoms with Crippen molar-refractivity contribution >= 4 is 34.6 Å². The molecular formula is C34H47ClFN5O5. The van der Waals surface area contributed by atoms with Crippen molar-refractivity contribution in [3.63, 3.8) is 0 Å². The van der Waals surface area contributed by atoms with Gasteiger partial charge >= 0.3 is 6.09 Å². The lowest BCUT2D eigenvalue weighted by atomic mass is 9.72. The minimum Gasteiger partial charge on any atom is -0.453 e. The van der Waals surface area contributed by atoms with E-state index in [4.69, 9.17) is 26.1 Å². The number of rotatable bonds is 11. The molecule has 252 valence electrons. The van der Waals surface area contributed by atoms with Crippen LogP contribution in [-0.4, -0.2) is 66.2 Å². The number of nitrogens with zero attached hydrogens (tertiary/aromatic N) is 1. The highest BCUT2D eigenvalue weighted by molar-refractivity contribution is 6.31. The number of aromatic amines is 1. The van der Waals surface area contributed by atoms with Gasteiger partial charge in [0.2, 0.25) is 5.91 Å². The predicted octanol–water partition coefficient (Wildman–Crippen LogP) is 5.70. The molecule has 0 aliphatic carbocycles. The standard InChI is InChI=1S/C34H47ClFN5O5/c1-8-37-30(42)28(33(4,5)6)41-31(43)34(14-16-46-17-15-34)20-12-13-23-24(18-20)39-29(38-23)27(40-32(44)45-7)25(19(2)3)21-10-9-11-22(36)26(21)35/h9-13,18-19,25,27-28,30,37,42H,8,14-17H2,1-7H3,(H,38,39)(H,40,44)(H,41,43)/t25?,27?,28-,30?/m0/s1. The smallest absolute Gasteiger partial charge is 0.407 e. The second-order valence-corrected chi connectivity index (χ2v) is 13.8. The molecule has 2 aromatic carbocycles. The van der Waals surface area contributed by atoms with E-state index in [0.29, 0.717) is 55.0 Å². The van der Waals surface area contributed by atoms with Crippen LogP contribution in [0.1, 0.15) is 83.3 Å². The predicted molar refractivity (Wildman–Crippen MR) is 176 cm³/mol. The Kier molecular flexibility index (Phi) is 11.4. The quantitative estimate of drug-likeness (QED) is 0.167. The number of aliphatic hydroxyl groups is 1. The lowest BCUT2D eigenvalue weighted by molar-refractivity contribution is -0.133. The van der Waals surface area contributed by atoms with Gasteiger partial charge in [-0.25, -0.2) is 14.2 Å². The van der Waals surface area contributed by atoms with E-state index in [1.165, 1.54) is 13.2 Å². The number of aliphatic hydroxyl groups excluding tert-OH is 1. The number of nitrogens with one attached hydrogen (secondary N) is 4. The van der Waals surface area contributed by atoms with Crippen LogP contribution in [0.3, 0.4) is 0 Å². The number of alkyl carbamates (subject to hydrolysis) is 1. The molecule has 46 heavy (non-hydrogen) atoms. The molecule has 10 nitrogen and oxygen atoms in total. The Morgan fingerprint density at radius 1 is 1.17 bits per heavy atom. The van der Waals surface area contributed by atoms with Crippen LogP contribution in [-0.2, 0) is 19.7 Å². The molecule has 12 heteroatoms. The molecular weight excluding hydrogens is 613 g/mol. The second kappa shape index (κ2) is 14.7. The Hall–Kier alpha value is -3.25. The van der Waals surface area contributed by atoms with Crippen molar-refractivity contribution in [3.05, 3.63) is 64.2 Å². The number of methoxy groups -OCH3 is 1. The average Bonchev–Trinajstić information content (AvgIpc) is 3.44. The SMILES string of the molecule is CCNC(O)[C@H](NC(=O)C1(c2ccc3nc(C(NC(=O)OC)C(c4cccc(F)c4Cl)C(C)C)[nH]c3c2)CCOCC1)C(C)(C)C. The van der Waals surface area contributed by atoms with Crippen molar-refractivity contribution in [2.45, 2.75) is 84.0 Å². The highest BCUT2D eigenvalue weighted by atomic mass is 35.5. The fraction of sp³-hybridized carbons (Fsp3) is 0.559. The number of carbonyl (C=O) groups excluding carboxylic acids is 2. The molecule has 4 atom stereocenters. The third-order valence-corrected chi connectivity index (χ3v) is 9.35. The lowest BCUT2D eigenvalue weighted by Gasteiger charge is -2.41. The number of aromatic nitrogens is 2. The molecule has 0 bridgehead atoms. The van der Waals surface area contributed by atoms with Crippen LogP contribution >= 0.6 is 11.6 Å². The van der Waals surface area contributed by atoms with Crippen LogP contribution in [0.15, 0.2) is 36.4 Å².